The molecule has 0 aliphatic carbocycles. The number of hydrogen-bond acceptors (Lipinski definition) is 2. The van der Waals surface area contributed by atoms with Gasteiger partial charge in [0.25, 0.3) is 0 Å². The Hall–Kier alpha value is -0.740. The van der Waals surface area contributed by atoms with Gasteiger partial charge in [0.05, 0.1) is 6.10 Å². The molecule has 88 valence electrons. The number of ketones is 1. The zero-order chi connectivity index (χ0) is 12.1. The van der Waals surface area contributed by atoms with Gasteiger partial charge in [-0.1, -0.05) is 22.0 Å². The summed E-state index contributed by atoms with van der Waals surface area (Å²) < 4.78 is 18.5. The molecule has 4 heteroatoms. The van der Waals surface area contributed by atoms with Gasteiger partial charge >= 0.3 is 0 Å². The van der Waals surface area contributed by atoms with Crippen LogP contribution in [0, 0.1) is 5.82 Å². The van der Waals surface area contributed by atoms with Crippen molar-refractivity contribution >= 4 is 21.7 Å². The van der Waals surface area contributed by atoms with Gasteiger partial charge in [-0.3, -0.25) is 4.79 Å². The quantitative estimate of drug-likeness (QED) is 0.832. The number of carbonyl (C=O) groups is 1. The Balaban J connectivity index is 2.63. The number of benzene rings is 1. The van der Waals surface area contributed by atoms with E-state index in [0.29, 0.717) is 17.3 Å². The van der Waals surface area contributed by atoms with Crippen LogP contribution >= 0.6 is 15.9 Å². The zero-order valence-electron chi connectivity index (χ0n) is 9.30. The highest BCUT2D eigenvalue weighted by Gasteiger charge is 2.11. The molecule has 1 unspecified atom stereocenters. The molecule has 1 atom stereocenters. The lowest BCUT2D eigenvalue weighted by Gasteiger charge is -2.09. The van der Waals surface area contributed by atoms with Crippen molar-refractivity contribution in [2.24, 2.45) is 0 Å². The van der Waals surface area contributed by atoms with Crippen LogP contribution in [-0.2, 0) is 16.0 Å². The Morgan fingerprint density at radius 3 is 2.81 bits per heavy atom. The summed E-state index contributed by atoms with van der Waals surface area (Å²) in [6.07, 6.45) is 0.598. The van der Waals surface area contributed by atoms with Crippen molar-refractivity contribution in [2.75, 3.05) is 7.11 Å². The van der Waals surface area contributed by atoms with Crippen molar-refractivity contribution in [3.05, 3.63) is 34.1 Å². The first-order valence-corrected chi connectivity index (χ1v) is 5.80. The fraction of sp³-hybridized carbons (Fsp3) is 0.417. The second-order valence-electron chi connectivity index (χ2n) is 3.70. The number of Topliss-reactive ketones (excluding diaryl/α,β-unsaturated/α-hetero) is 1. The van der Waals surface area contributed by atoms with Crippen LogP contribution in [0.15, 0.2) is 22.7 Å². The molecule has 0 amide bonds. The summed E-state index contributed by atoms with van der Waals surface area (Å²) in [7, 11) is 1.58. The number of halogens is 2. The van der Waals surface area contributed by atoms with Gasteiger partial charge in [0.15, 0.2) is 0 Å². The van der Waals surface area contributed by atoms with Gasteiger partial charge < -0.3 is 4.74 Å². The van der Waals surface area contributed by atoms with Crippen LogP contribution in [0.1, 0.15) is 18.9 Å². The van der Waals surface area contributed by atoms with Crippen LogP contribution in [0.5, 0.6) is 0 Å². The Kier molecular flexibility index (Phi) is 5.09. The topological polar surface area (TPSA) is 26.3 Å². The van der Waals surface area contributed by atoms with Gasteiger partial charge in [-0.2, -0.15) is 0 Å². The lowest BCUT2D eigenvalue weighted by molar-refractivity contribution is -0.120. The molecule has 0 aromatic heterocycles. The molecule has 0 aliphatic rings. The fourth-order valence-corrected chi connectivity index (χ4v) is 1.84. The third kappa shape index (κ3) is 4.02. The molecular formula is C12H14BrFO2. The van der Waals surface area contributed by atoms with Crippen molar-refractivity contribution in [2.45, 2.75) is 25.9 Å². The number of ether oxygens (including phenoxy) is 1. The molecule has 1 aromatic carbocycles. The Morgan fingerprint density at radius 1 is 1.56 bits per heavy atom. The van der Waals surface area contributed by atoms with E-state index in [9.17, 15) is 9.18 Å². The summed E-state index contributed by atoms with van der Waals surface area (Å²) in [5, 5.41) is 0. The average Bonchev–Trinajstić information content (AvgIpc) is 2.22. The summed E-state index contributed by atoms with van der Waals surface area (Å²) >= 11 is 3.24. The second-order valence-corrected chi connectivity index (χ2v) is 4.56. The van der Waals surface area contributed by atoms with Crippen LogP contribution in [0.2, 0.25) is 0 Å². The molecule has 16 heavy (non-hydrogen) atoms. The lowest BCUT2D eigenvalue weighted by atomic mass is 10.1. The highest BCUT2D eigenvalue weighted by Crippen LogP contribution is 2.19. The molecule has 1 rings (SSSR count). The summed E-state index contributed by atoms with van der Waals surface area (Å²) in [5.41, 5.74) is 0.801. The van der Waals surface area contributed by atoms with E-state index in [-0.39, 0.29) is 17.7 Å². The molecule has 0 aliphatic heterocycles. The normalized spacial score (nSPS) is 12.5. The SMILES string of the molecule is COC(C)CC(=O)Cc1ccc(F)cc1Br. The predicted octanol–water partition coefficient (Wildman–Crippen LogP) is 3.12. The van der Waals surface area contributed by atoms with Gasteiger partial charge in [-0.15, -0.1) is 0 Å². The summed E-state index contributed by atoms with van der Waals surface area (Å²) in [4.78, 5) is 11.6. The molecule has 0 heterocycles. The molecule has 0 N–H and O–H groups in total. The monoisotopic (exact) mass is 288 g/mol. The van der Waals surface area contributed by atoms with Crippen LogP contribution in [-0.4, -0.2) is 19.0 Å². The maximum Gasteiger partial charge on any atom is 0.139 e. The van der Waals surface area contributed by atoms with Gasteiger partial charge in [0.2, 0.25) is 0 Å². The predicted molar refractivity (Wildman–Crippen MR) is 63.9 cm³/mol. The first-order valence-electron chi connectivity index (χ1n) is 5.01. The Labute approximate surface area is 103 Å². The summed E-state index contributed by atoms with van der Waals surface area (Å²) in [5.74, 6) is -0.227. The molecule has 0 spiro atoms. The molecule has 0 fully saturated rings. The van der Waals surface area contributed by atoms with E-state index in [1.165, 1.54) is 12.1 Å². The highest BCUT2D eigenvalue weighted by atomic mass is 79.9. The first kappa shape index (κ1) is 13.3. The maximum atomic E-state index is 12.8. The van der Waals surface area contributed by atoms with Crippen molar-refractivity contribution < 1.29 is 13.9 Å². The average molecular weight is 289 g/mol. The van der Waals surface area contributed by atoms with E-state index in [1.807, 2.05) is 6.92 Å². The largest absolute Gasteiger partial charge is 0.381 e. The van der Waals surface area contributed by atoms with Crippen LogP contribution in [0.4, 0.5) is 4.39 Å². The van der Waals surface area contributed by atoms with E-state index in [0.717, 1.165) is 5.56 Å². The number of rotatable bonds is 5. The standard InChI is InChI=1S/C12H14BrFO2/c1-8(16-2)5-11(15)6-9-3-4-10(14)7-12(9)13/h3-4,7-8H,5-6H2,1-2H3. The van der Waals surface area contributed by atoms with Crippen molar-refractivity contribution in [1.29, 1.82) is 0 Å². The van der Waals surface area contributed by atoms with Crippen LogP contribution in [0.25, 0.3) is 0 Å². The molecule has 2 nitrogen and oxygen atoms in total. The van der Waals surface area contributed by atoms with Gasteiger partial charge in [0, 0.05) is 24.4 Å². The minimum absolute atomic E-state index is 0.0771. The Bertz CT molecular complexity index is 379. The molecule has 0 saturated carbocycles. The smallest absolute Gasteiger partial charge is 0.139 e. The van der Waals surface area contributed by atoms with E-state index in [4.69, 9.17) is 4.74 Å². The number of hydrogen-bond donors (Lipinski definition) is 0. The third-order valence-electron chi connectivity index (χ3n) is 2.32. The highest BCUT2D eigenvalue weighted by molar-refractivity contribution is 9.10. The van der Waals surface area contributed by atoms with E-state index >= 15 is 0 Å². The van der Waals surface area contributed by atoms with Crippen molar-refractivity contribution in [1.82, 2.24) is 0 Å². The molecule has 1 aromatic rings. The van der Waals surface area contributed by atoms with Crippen LogP contribution < -0.4 is 0 Å². The zero-order valence-corrected chi connectivity index (χ0v) is 10.9. The lowest BCUT2D eigenvalue weighted by Crippen LogP contribution is -2.14. The minimum Gasteiger partial charge on any atom is -0.381 e. The molecule has 0 saturated heterocycles. The third-order valence-corrected chi connectivity index (χ3v) is 3.06. The molecule has 0 radical (unpaired) electrons. The molecule has 0 bridgehead atoms. The van der Waals surface area contributed by atoms with Gasteiger partial charge in [0.1, 0.15) is 11.6 Å². The fourth-order valence-electron chi connectivity index (χ4n) is 1.35. The molecular weight excluding hydrogens is 275 g/mol. The maximum absolute atomic E-state index is 12.8. The first-order chi connectivity index (χ1) is 7.52. The minimum atomic E-state index is -0.312. The van der Waals surface area contributed by atoms with Crippen molar-refractivity contribution in [3.63, 3.8) is 0 Å². The Morgan fingerprint density at radius 2 is 2.25 bits per heavy atom. The second kappa shape index (κ2) is 6.11. The van der Waals surface area contributed by atoms with Gasteiger partial charge in [-0.05, 0) is 24.6 Å². The summed E-state index contributed by atoms with van der Waals surface area (Å²) in [6.45, 7) is 1.84. The van der Waals surface area contributed by atoms with E-state index in [1.54, 1.807) is 13.2 Å². The van der Waals surface area contributed by atoms with E-state index < -0.39 is 0 Å². The number of carbonyl (C=O) groups excluding carboxylic acids is 1. The number of methoxy groups -OCH3 is 1. The van der Waals surface area contributed by atoms with Crippen LogP contribution in [0.3, 0.4) is 0 Å². The van der Waals surface area contributed by atoms with Crippen molar-refractivity contribution in [3.8, 4) is 0 Å². The summed E-state index contributed by atoms with van der Waals surface area (Å²) in [6, 6.07) is 4.34. The van der Waals surface area contributed by atoms with Gasteiger partial charge in [-0.25, -0.2) is 4.39 Å². The van der Waals surface area contributed by atoms with E-state index in [2.05, 4.69) is 15.9 Å².